The summed E-state index contributed by atoms with van der Waals surface area (Å²) in [5, 5.41) is 9.69. The molecule has 2 atom stereocenters. The third kappa shape index (κ3) is 3.38. The second-order valence-corrected chi connectivity index (χ2v) is 5.76. The van der Waals surface area contributed by atoms with Gasteiger partial charge in [0.05, 0.1) is 0 Å². The Hall–Kier alpha value is -0.220. The lowest BCUT2D eigenvalue weighted by molar-refractivity contribution is -0.143. The lowest BCUT2D eigenvalue weighted by Gasteiger charge is -2.37. The minimum atomic E-state index is -0.674. The SMILES string of the molecule is CCC(C(=O)O)N1CCSC(C(C)C)C1. The van der Waals surface area contributed by atoms with Crippen LogP contribution < -0.4 is 0 Å². The summed E-state index contributed by atoms with van der Waals surface area (Å²) in [6.07, 6.45) is 0.699. The molecule has 0 amide bonds. The van der Waals surface area contributed by atoms with E-state index in [1.54, 1.807) is 0 Å². The van der Waals surface area contributed by atoms with Gasteiger partial charge in [-0.2, -0.15) is 11.8 Å². The molecule has 0 radical (unpaired) electrons. The van der Waals surface area contributed by atoms with Crippen LogP contribution in [0.4, 0.5) is 0 Å². The van der Waals surface area contributed by atoms with Crippen LogP contribution in [0.3, 0.4) is 0 Å². The highest BCUT2D eigenvalue weighted by Gasteiger charge is 2.30. The van der Waals surface area contributed by atoms with Gasteiger partial charge in [0.1, 0.15) is 6.04 Å². The number of aliphatic carboxylic acids is 1. The number of carboxylic acids is 1. The minimum absolute atomic E-state index is 0.285. The zero-order valence-electron chi connectivity index (χ0n) is 9.77. The molecule has 4 heteroatoms. The molecule has 0 aromatic rings. The van der Waals surface area contributed by atoms with Crippen LogP contribution in [0.15, 0.2) is 0 Å². The summed E-state index contributed by atoms with van der Waals surface area (Å²) in [7, 11) is 0. The first kappa shape index (κ1) is 12.8. The Morgan fingerprint density at radius 3 is 2.73 bits per heavy atom. The molecule has 88 valence electrons. The van der Waals surface area contributed by atoms with E-state index in [0.29, 0.717) is 17.6 Å². The van der Waals surface area contributed by atoms with Crippen molar-refractivity contribution in [2.24, 2.45) is 5.92 Å². The molecule has 0 spiro atoms. The highest BCUT2D eigenvalue weighted by Crippen LogP contribution is 2.26. The highest BCUT2D eigenvalue weighted by molar-refractivity contribution is 8.00. The van der Waals surface area contributed by atoms with Crippen LogP contribution in [0.1, 0.15) is 27.2 Å². The van der Waals surface area contributed by atoms with E-state index in [1.807, 2.05) is 18.7 Å². The van der Waals surface area contributed by atoms with Crippen LogP contribution >= 0.6 is 11.8 Å². The molecular weight excluding hydrogens is 210 g/mol. The predicted octanol–water partition coefficient (Wildman–Crippen LogP) is 1.92. The van der Waals surface area contributed by atoms with E-state index in [0.717, 1.165) is 18.8 Å². The normalized spacial score (nSPS) is 25.5. The van der Waals surface area contributed by atoms with Crippen molar-refractivity contribution < 1.29 is 9.90 Å². The fraction of sp³-hybridized carbons (Fsp3) is 0.909. The van der Waals surface area contributed by atoms with E-state index in [2.05, 4.69) is 18.7 Å². The maximum atomic E-state index is 11.1. The van der Waals surface area contributed by atoms with Crippen molar-refractivity contribution in [3.8, 4) is 0 Å². The number of carbonyl (C=O) groups is 1. The Kier molecular flexibility index (Phi) is 4.93. The first-order chi connectivity index (χ1) is 7.06. The van der Waals surface area contributed by atoms with Crippen LogP contribution in [0.2, 0.25) is 0 Å². The standard InChI is InChI=1S/C11H21NO2S/c1-4-9(11(13)14)12-5-6-15-10(7-12)8(2)3/h8-10H,4-7H2,1-3H3,(H,13,14). The number of hydrogen-bond donors (Lipinski definition) is 1. The van der Waals surface area contributed by atoms with Gasteiger partial charge in [0, 0.05) is 24.1 Å². The first-order valence-electron chi connectivity index (χ1n) is 5.64. The second-order valence-electron chi connectivity index (χ2n) is 4.41. The predicted molar refractivity (Wildman–Crippen MR) is 64.4 cm³/mol. The van der Waals surface area contributed by atoms with Crippen molar-refractivity contribution in [2.45, 2.75) is 38.5 Å². The summed E-state index contributed by atoms with van der Waals surface area (Å²) >= 11 is 1.98. The van der Waals surface area contributed by atoms with Crippen molar-refractivity contribution >= 4 is 17.7 Å². The zero-order valence-corrected chi connectivity index (χ0v) is 10.6. The molecule has 1 heterocycles. The molecule has 0 bridgehead atoms. The van der Waals surface area contributed by atoms with Gasteiger partial charge in [-0.1, -0.05) is 20.8 Å². The van der Waals surface area contributed by atoms with E-state index in [-0.39, 0.29) is 6.04 Å². The van der Waals surface area contributed by atoms with Gasteiger partial charge >= 0.3 is 5.97 Å². The topological polar surface area (TPSA) is 40.5 Å². The van der Waals surface area contributed by atoms with Gasteiger partial charge < -0.3 is 5.11 Å². The summed E-state index contributed by atoms with van der Waals surface area (Å²) < 4.78 is 0. The summed E-state index contributed by atoms with van der Waals surface area (Å²) in [5.41, 5.74) is 0. The Morgan fingerprint density at radius 1 is 1.60 bits per heavy atom. The fourth-order valence-electron chi connectivity index (χ4n) is 1.97. The zero-order chi connectivity index (χ0) is 11.4. The molecule has 2 unspecified atom stereocenters. The summed E-state index contributed by atoms with van der Waals surface area (Å²) in [5.74, 6) is 1.02. The summed E-state index contributed by atoms with van der Waals surface area (Å²) in [6, 6.07) is -0.285. The lowest BCUT2D eigenvalue weighted by Crippen LogP contribution is -2.48. The molecule has 0 aliphatic carbocycles. The van der Waals surface area contributed by atoms with Crippen molar-refractivity contribution in [3.05, 3.63) is 0 Å². The van der Waals surface area contributed by atoms with Gasteiger partial charge in [0.25, 0.3) is 0 Å². The number of rotatable bonds is 4. The molecule has 0 aromatic carbocycles. The average Bonchev–Trinajstić information content (AvgIpc) is 2.18. The molecular formula is C11H21NO2S. The minimum Gasteiger partial charge on any atom is -0.480 e. The van der Waals surface area contributed by atoms with Gasteiger partial charge in [0.15, 0.2) is 0 Å². The fourth-order valence-corrected chi connectivity index (χ4v) is 3.30. The van der Waals surface area contributed by atoms with Crippen LogP contribution in [0.5, 0.6) is 0 Å². The maximum Gasteiger partial charge on any atom is 0.320 e. The number of thioether (sulfide) groups is 1. The largest absolute Gasteiger partial charge is 0.480 e. The molecule has 1 N–H and O–H groups in total. The second kappa shape index (κ2) is 5.75. The van der Waals surface area contributed by atoms with Crippen LogP contribution in [0, 0.1) is 5.92 Å². The highest BCUT2D eigenvalue weighted by atomic mass is 32.2. The average molecular weight is 231 g/mol. The number of nitrogens with zero attached hydrogens (tertiary/aromatic N) is 1. The van der Waals surface area contributed by atoms with Gasteiger partial charge in [-0.25, -0.2) is 0 Å². The molecule has 1 saturated heterocycles. The van der Waals surface area contributed by atoms with Crippen molar-refractivity contribution in [1.29, 1.82) is 0 Å². The number of carboxylic acid groups (broad SMARTS) is 1. The summed E-state index contributed by atoms with van der Waals surface area (Å²) in [4.78, 5) is 13.2. The van der Waals surface area contributed by atoms with Crippen molar-refractivity contribution in [1.82, 2.24) is 4.90 Å². The smallest absolute Gasteiger partial charge is 0.320 e. The quantitative estimate of drug-likeness (QED) is 0.802. The van der Waals surface area contributed by atoms with Crippen molar-refractivity contribution in [3.63, 3.8) is 0 Å². The lowest BCUT2D eigenvalue weighted by atomic mass is 10.1. The number of hydrogen-bond acceptors (Lipinski definition) is 3. The van der Waals surface area contributed by atoms with Gasteiger partial charge in [-0.05, 0) is 12.3 Å². The molecule has 0 saturated carbocycles. The molecule has 3 nitrogen and oxygen atoms in total. The van der Waals surface area contributed by atoms with E-state index in [4.69, 9.17) is 5.11 Å². The van der Waals surface area contributed by atoms with Gasteiger partial charge in [-0.3, -0.25) is 9.69 Å². The third-order valence-electron chi connectivity index (χ3n) is 2.98. The molecule has 1 aliphatic rings. The Morgan fingerprint density at radius 2 is 2.27 bits per heavy atom. The Bertz CT molecular complexity index is 221. The van der Waals surface area contributed by atoms with E-state index < -0.39 is 5.97 Å². The van der Waals surface area contributed by atoms with Crippen LogP contribution in [-0.2, 0) is 4.79 Å². The van der Waals surface area contributed by atoms with Crippen LogP contribution in [-0.4, -0.2) is 46.1 Å². The summed E-state index contributed by atoms with van der Waals surface area (Å²) in [6.45, 7) is 8.21. The van der Waals surface area contributed by atoms with E-state index >= 15 is 0 Å². The van der Waals surface area contributed by atoms with E-state index in [9.17, 15) is 4.79 Å². The molecule has 15 heavy (non-hydrogen) atoms. The molecule has 1 fully saturated rings. The molecule has 1 rings (SSSR count). The third-order valence-corrected chi connectivity index (χ3v) is 4.52. The van der Waals surface area contributed by atoms with Crippen molar-refractivity contribution in [2.75, 3.05) is 18.8 Å². The van der Waals surface area contributed by atoms with E-state index in [1.165, 1.54) is 0 Å². The van der Waals surface area contributed by atoms with Gasteiger partial charge in [0.2, 0.25) is 0 Å². The van der Waals surface area contributed by atoms with Crippen LogP contribution in [0.25, 0.3) is 0 Å². The Balaban J connectivity index is 2.58. The monoisotopic (exact) mass is 231 g/mol. The Labute approximate surface area is 96.2 Å². The maximum absolute atomic E-state index is 11.1. The first-order valence-corrected chi connectivity index (χ1v) is 6.69. The van der Waals surface area contributed by atoms with Gasteiger partial charge in [-0.15, -0.1) is 0 Å². The molecule has 0 aromatic heterocycles. The molecule has 1 aliphatic heterocycles.